The van der Waals surface area contributed by atoms with Crippen LogP contribution in [-0.2, 0) is 0 Å². The van der Waals surface area contributed by atoms with Gasteiger partial charge in [-0.3, -0.25) is 0 Å². The van der Waals surface area contributed by atoms with Crippen LogP contribution in [0.2, 0.25) is 0 Å². The third kappa shape index (κ3) is 5.38. The third-order valence-corrected chi connectivity index (χ3v) is 12.4. The van der Waals surface area contributed by atoms with Gasteiger partial charge in [-0.25, -0.2) is 0 Å². The van der Waals surface area contributed by atoms with Crippen LogP contribution in [0.15, 0.2) is 212 Å². The zero-order valence-corrected chi connectivity index (χ0v) is 31.4. The van der Waals surface area contributed by atoms with Crippen molar-refractivity contribution in [2.24, 2.45) is 0 Å². The monoisotopic (exact) mass is 729 g/mol. The first-order chi connectivity index (χ1) is 27.8. The Bertz CT molecular complexity index is 3240. The lowest BCUT2D eigenvalue weighted by Gasteiger charge is -2.28. The lowest BCUT2D eigenvalue weighted by molar-refractivity contribution is 1.30. The van der Waals surface area contributed by atoms with Crippen molar-refractivity contribution in [2.45, 2.75) is 0 Å². The first kappa shape index (κ1) is 32.4. The molecule has 56 heavy (non-hydrogen) atoms. The van der Waals surface area contributed by atoms with Crippen LogP contribution in [0.4, 0.5) is 17.1 Å². The molecule has 2 heteroatoms. The molecule has 11 aromatic rings. The standard InChI is InChI=1S/C54H35NS/c1-2-14-36(15-3-1)39-19-12-20-42(34-39)55(41-30-28-38(29-31-41)44-26-13-18-37-16-4-6-21-43(37)44)51-33-32-49(46-23-8-9-24-47(46)51)53-45-22-7-5-17-40(45)35-50-48-25-10-11-27-52(48)56-54(50)53/h1-35H. The Kier molecular flexibility index (Phi) is 7.75. The third-order valence-electron chi connectivity index (χ3n) is 11.2. The lowest BCUT2D eigenvalue weighted by atomic mass is 9.91. The number of fused-ring (bicyclic) bond motifs is 6. The molecule has 0 unspecified atom stereocenters. The summed E-state index contributed by atoms with van der Waals surface area (Å²) in [7, 11) is 0. The molecule has 0 aliphatic heterocycles. The van der Waals surface area contributed by atoms with Crippen molar-refractivity contribution < 1.29 is 0 Å². The van der Waals surface area contributed by atoms with Crippen molar-refractivity contribution in [1.29, 1.82) is 0 Å². The topological polar surface area (TPSA) is 3.24 Å². The van der Waals surface area contributed by atoms with Gasteiger partial charge in [0.2, 0.25) is 0 Å². The fraction of sp³-hybridized carbons (Fsp3) is 0. The van der Waals surface area contributed by atoms with E-state index in [1.54, 1.807) is 0 Å². The highest BCUT2D eigenvalue weighted by Gasteiger charge is 2.21. The number of hydrogen-bond donors (Lipinski definition) is 0. The Morgan fingerprint density at radius 3 is 1.80 bits per heavy atom. The van der Waals surface area contributed by atoms with E-state index in [1.165, 1.54) is 85.9 Å². The van der Waals surface area contributed by atoms with E-state index >= 15 is 0 Å². The quantitative estimate of drug-likeness (QED) is 0.165. The first-order valence-corrected chi connectivity index (χ1v) is 20.0. The fourth-order valence-electron chi connectivity index (χ4n) is 8.64. The van der Waals surface area contributed by atoms with Crippen molar-refractivity contribution in [3.05, 3.63) is 212 Å². The Hall–Kier alpha value is -7.00. The van der Waals surface area contributed by atoms with Gasteiger partial charge in [0, 0.05) is 42.5 Å². The van der Waals surface area contributed by atoms with E-state index in [1.807, 2.05) is 11.3 Å². The van der Waals surface area contributed by atoms with E-state index in [4.69, 9.17) is 0 Å². The van der Waals surface area contributed by atoms with Crippen LogP contribution >= 0.6 is 11.3 Å². The summed E-state index contributed by atoms with van der Waals surface area (Å²) in [6.07, 6.45) is 0. The molecule has 262 valence electrons. The second-order valence-electron chi connectivity index (χ2n) is 14.5. The summed E-state index contributed by atoms with van der Waals surface area (Å²) in [5, 5.41) is 10.1. The molecule has 1 aromatic heterocycles. The predicted octanol–water partition coefficient (Wildman–Crippen LogP) is 16.0. The van der Waals surface area contributed by atoms with Gasteiger partial charge in [-0.2, -0.15) is 0 Å². The summed E-state index contributed by atoms with van der Waals surface area (Å²) in [5.74, 6) is 0. The van der Waals surface area contributed by atoms with Gasteiger partial charge in [-0.1, -0.05) is 170 Å². The highest BCUT2D eigenvalue weighted by atomic mass is 32.1. The van der Waals surface area contributed by atoms with E-state index < -0.39 is 0 Å². The molecule has 0 N–H and O–H groups in total. The molecule has 0 aliphatic rings. The molecular formula is C54H35NS. The summed E-state index contributed by atoms with van der Waals surface area (Å²) in [6, 6.07) is 77.7. The van der Waals surface area contributed by atoms with Gasteiger partial charge in [0.05, 0.1) is 5.69 Å². The smallest absolute Gasteiger partial charge is 0.0540 e. The summed E-state index contributed by atoms with van der Waals surface area (Å²) in [6.45, 7) is 0. The van der Waals surface area contributed by atoms with Crippen LogP contribution in [-0.4, -0.2) is 0 Å². The zero-order chi connectivity index (χ0) is 37.0. The van der Waals surface area contributed by atoms with Crippen LogP contribution in [0, 0.1) is 0 Å². The minimum absolute atomic E-state index is 1.11. The molecule has 0 spiro atoms. The Balaban J connectivity index is 1.14. The number of anilines is 3. The van der Waals surface area contributed by atoms with Gasteiger partial charge in [0.25, 0.3) is 0 Å². The number of thiophene rings is 1. The maximum Gasteiger partial charge on any atom is 0.0540 e. The van der Waals surface area contributed by atoms with Crippen LogP contribution in [0.1, 0.15) is 0 Å². The van der Waals surface area contributed by atoms with Gasteiger partial charge >= 0.3 is 0 Å². The molecule has 10 aromatic carbocycles. The highest BCUT2D eigenvalue weighted by molar-refractivity contribution is 7.26. The van der Waals surface area contributed by atoms with E-state index in [9.17, 15) is 0 Å². The van der Waals surface area contributed by atoms with Crippen LogP contribution in [0.5, 0.6) is 0 Å². The van der Waals surface area contributed by atoms with Gasteiger partial charge in [0.1, 0.15) is 0 Å². The first-order valence-electron chi connectivity index (χ1n) is 19.2. The molecule has 0 fully saturated rings. The molecule has 0 aliphatic carbocycles. The molecule has 1 heterocycles. The second-order valence-corrected chi connectivity index (χ2v) is 15.5. The Morgan fingerprint density at radius 2 is 0.964 bits per heavy atom. The van der Waals surface area contributed by atoms with Gasteiger partial charge in [-0.05, 0) is 97.2 Å². The minimum Gasteiger partial charge on any atom is -0.310 e. The maximum atomic E-state index is 2.43. The van der Waals surface area contributed by atoms with Crippen LogP contribution in [0.25, 0.3) is 85.9 Å². The Labute approximate surface area is 330 Å². The number of benzene rings is 10. The molecule has 11 rings (SSSR count). The van der Waals surface area contributed by atoms with E-state index in [-0.39, 0.29) is 0 Å². The van der Waals surface area contributed by atoms with Crippen molar-refractivity contribution in [3.8, 4) is 33.4 Å². The molecule has 1 nitrogen and oxygen atoms in total. The minimum atomic E-state index is 1.11. The number of hydrogen-bond acceptors (Lipinski definition) is 2. The molecule has 0 atom stereocenters. The normalized spacial score (nSPS) is 11.6. The second kappa shape index (κ2) is 13.4. The molecule has 0 saturated heterocycles. The van der Waals surface area contributed by atoms with Crippen molar-refractivity contribution in [2.75, 3.05) is 4.90 Å². The highest BCUT2D eigenvalue weighted by Crippen LogP contribution is 2.48. The summed E-state index contributed by atoms with van der Waals surface area (Å²) < 4.78 is 2.65. The van der Waals surface area contributed by atoms with E-state index in [2.05, 4.69) is 217 Å². The van der Waals surface area contributed by atoms with E-state index in [0.29, 0.717) is 0 Å². The largest absolute Gasteiger partial charge is 0.310 e. The van der Waals surface area contributed by atoms with Crippen LogP contribution < -0.4 is 4.90 Å². The molecular weight excluding hydrogens is 695 g/mol. The number of nitrogens with zero attached hydrogens (tertiary/aromatic N) is 1. The van der Waals surface area contributed by atoms with Crippen molar-refractivity contribution >= 4 is 80.9 Å². The molecule has 0 amide bonds. The zero-order valence-electron chi connectivity index (χ0n) is 30.6. The van der Waals surface area contributed by atoms with E-state index in [0.717, 1.165) is 17.1 Å². The molecule has 0 bridgehead atoms. The van der Waals surface area contributed by atoms with Gasteiger partial charge in [-0.15, -0.1) is 11.3 Å². The predicted molar refractivity (Wildman–Crippen MR) is 243 cm³/mol. The van der Waals surface area contributed by atoms with Gasteiger partial charge in [0.15, 0.2) is 0 Å². The van der Waals surface area contributed by atoms with Gasteiger partial charge < -0.3 is 4.90 Å². The summed E-state index contributed by atoms with van der Waals surface area (Å²) in [4.78, 5) is 2.43. The lowest BCUT2D eigenvalue weighted by Crippen LogP contribution is -2.11. The fourth-order valence-corrected chi connectivity index (χ4v) is 9.89. The molecule has 0 saturated carbocycles. The Morgan fingerprint density at radius 1 is 0.321 bits per heavy atom. The number of rotatable bonds is 6. The van der Waals surface area contributed by atoms with Crippen molar-refractivity contribution in [1.82, 2.24) is 0 Å². The maximum absolute atomic E-state index is 2.43. The SMILES string of the molecule is c1ccc(-c2cccc(N(c3ccc(-c4cccc5ccccc45)cc3)c3ccc(-c4c5ccccc5cc5c4sc4ccccc45)c4ccccc34)c2)cc1. The summed E-state index contributed by atoms with van der Waals surface area (Å²) in [5.41, 5.74) is 10.7. The van der Waals surface area contributed by atoms with Crippen molar-refractivity contribution in [3.63, 3.8) is 0 Å². The van der Waals surface area contributed by atoms with Crippen LogP contribution in [0.3, 0.4) is 0 Å². The summed E-state index contributed by atoms with van der Waals surface area (Å²) >= 11 is 1.90. The average molecular weight is 730 g/mol. The average Bonchev–Trinajstić information content (AvgIpc) is 3.64. The molecule has 0 radical (unpaired) electrons.